The van der Waals surface area contributed by atoms with Crippen molar-refractivity contribution in [3.63, 3.8) is 0 Å². The molecule has 0 aromatic rings. The Hall–Kier alpha value is -0.0800. The highest BCUT2D eigenvalue weighted by molar-refractivity contribution is 4.87. The molecule has 0 aromatic heterocycles. The summed E-state index contributed by atoms with van der Waals surface area (Å²) in [7, 11) is 0. The molecule has 0 spiro atoms. The van der Waals surface area contributed by atoms with E-state index in [1.165, 1.54) is 25.7 Å². The molecule has 1 saturated carbocycles. The van der Waals surface area contributed by atoms with Crippen LogP contribution in [0.25, 0.3) is 0 Å². The van der Waals surface area contributed by atoms with Gasteiger partial charge in [0.2, 0.25) is 0 Å². The van der Waals surface area contributed by atoms with Gasteiger partial charge in [0, 0.05) is 31.7 Å². The average Bonchev–Trinajstić information content (AvgIpc) is 2.02. The molecule has 0 bridgehead atoms. The number of aliphatic hydroxyl groups excluding tert-OH is 1. The molecule has 0 radical (unpaired) electrons. The smallest absolute Gasteiger partial charge is 0.0483 e. The van der Waals surface area contributed by atoms with E-state index in [9.17, 15) is 0 Å². The van der Waals surface area contributed by atoms with Crippen molar-refractivity contribution in [1.82, 2.24) is 4.90 Å². The zero-order valence-electron chi connectivity index (χ0n) is 8.58. The fraction of sp³-hybridized carbons (Fsp3) is 1.00. The van der Waals surface area contributed by atoms with Crippen LogP contribution in [0.2, 0.25) is 0 Å². The van der Waals surface area contributed by atoms with Crippen molar-refractivity contribution in [2.75, 3.05) is 19.7 Å². The van der Waals surface area contributed by atoms with Crippen LogP contribution in [-0.2, 0) is 0 Å². The van der Waals surface area contributed by atoms with Crippen LogP contribution in [0.15, 0.2) is 0 Å². The molecule has 2 heteroatoms. The van der Waals surface area contributed by atoms with E-state index < -0.39 is 0 Å². The summed E-state index contributed by atoms with van der Waals surface area (Å²) in [5.41, 5.74) is 0. The highest BCUT2D eigenvalue weighted by Gasteiger charge is 2.33. The molecular formula is C11H21NO. The molecule has 1 aliphatic heterocycles. The third-order valence-corrected chi connectivity index (χ3v) is 3.67. The van der Waals surface area contributed by atoms with E-state index in [2.05, 4.69) is 11.8 Å². The molecule has 1 N–H and O–H groups in total. The van der Waals surface area contributed by atoms with Crippen molar-refractivity contribution in [1.29, 1.82) is 0 Å². The minimum atomic E-state index is 0.388. The van der Waals surface area contributed by atoms with Crippen molar-refractivity contribution >= 4 is 0 Å². The largest absolute Gasteiger partial charge is 0.396 e. The Morgan fingerprint density at radius 1 is 1.31 bits per heavy atom. The van der Waals surface area contributed by atoms with Crippen LogP contribution in [0.5, 0.6) is 0 Å². The summed E-state index contributed by atoms with van der Waals surface area (Å²) in [5, 5.41) is 8.93. The molecule has 2 aliphatic rings. The van der Waals surface area contributed by atoms with Gasteiger partial charge in [0.25, 0.3) is 0 Å². The topological polar surface area (TPSA) is 23.5 Å². The molecule has 2 nitrogen and oxygen atoms in total. The number of hydrogen-bond acceptors (Lipinski definition) is 2. The molecule has 0 amide bonds. The van der Waals surface area contributed by atoms with Gasteiger partial charge in [0.15, 0.2) is 0 Å². The number of aliphatic hydroxyl groups is 1. The van der Waals surface area contributed by atoms with Crippen molar-refractivity contribution in [3.8, 4) is 0 Å². The second-order valence-corrected chi connectivity index (χ2v) is 4.93. The lowest BCUT2D eigenvalue weighted by Crippen LogP contribution is -2.54. The highest BCUT2D eigenvalue weighted by Crippen LogP contribution is 2.31. The quantitative estimate of drug-likeness (QED) is 0.701. The van der Waals surface area contributed by atoms with E-state index in [-0.39, 0.29) is 0 Å². The van der Waals surface area contributed by atoms with Gasteiger partial charge in [-0.05, 0) is 18.8 Å². The standard InChI is InChI=1S/C11H21NO/c1-9-3-2-4-11(5-9)12-6-10(7-12)8-13/h9-11,13H,2-8H2,1H3. The van der Waals surface area contributed by atoms with Gasteiger partial charge in [-0.1, -0.05) is 19.8 Å². The maximum Gasteiger partial charge on any atom is 0.0483 e. The van der Waals surface area contributed by atoms with Crippen LogP contribution in [0.3, 0.4) is 0 Å². The van der Waals surface area contributed by atoms with Gasteiger partial charge in [0.1, 0.15) is 0 Å². The monoisotopic (exact) mass is 183 g/mol. The van der Waals surface area contributed by atoms with E-state index in [1.807, 2.05) is 0 Å². The first-order chi connectivity index (χ1) is 6.29. The van der Waals surface area contributed by atoms with Crippen LogP contribution in [0.4, 0.5) is 0 Å². The Balaban J connectivity index is 1.75. The molecular weight excluding hydrogens is 162 g/mol. The Labute approximate surface area is 80.9 Å². The highest BCUT2D eigenvalue weighted by atomic mass is 16.3. The van der Waals surface area contributed by atoms with E-state index in [0.29, 0.717) is 12.5 Å². The first kappa shape index (κ1) is 9.47. The van der Waals surface area contributed by atoms with E-state index in [0.717, 1.165) is 25.0 Å². The summed E-state index contributed by atoms with van der Waals surface area (Å²) in [5.74, 6) is 1.50. The van der Waals surface area contributed by atoms with Crippen LogP contribution in [0.1, 0.15) is 32.6 Å². The molecule has 2 atom stereocenters. The Kier molecular flexibility index (Phi) is 2.89. The lowest BCUT2D eigenvalue weighted by Gasteiger charge is -2.46. The Morgan fingerprint density at radius 3 is 2.69 bits per heavy atom. The van der Waals surface area contributed by atoms with Gasteiger partial charge in [0.05, 0.1) is 0 Å². The van der Waals surface area contributed by atoms with E-state index >= 15 is 0 Å². The predicted octanol–water partition coefficient (Wildman–Crippen LogP) is 1.49. The SMILES string of the molecule is CC1CCCC(N2CC(CO)C2)C1. The minimum Gasteiger partial charge on any atom is -0.396 e. The zero-order valence-corrected chi connectivity index (χ0v) is 8.58. The Morgan fingerprint density at radius 2 is 2.08 bits per heavy atom. The molecule has 1 aliphatic carbocycles. The molecule has 13 heavy (non-hydrogen) atoms. The second-order valence-electron chi connectivity index (χ2n) is 4.93. The lowest BCUT2D eigenvalue weighted by molar-refractivity contribution is 0.000664. The third-order valence-electron chi connectivity index (χ3n) is 3.67. The summed E-state index contributed by atoms with van der Waals surface area (Å²) >= 11 is 0. The van der Waals surface area contributed by atoms with E-state index in [4.69, 9.17) is 5.11 Å². The van der Waals surface area contributed by atoms with Crippen molar-refractivity contribution < 1.29 is 5.11 Å². The second kappa shape index (κ2) is 3.97. The van der Waals surface area contributed by atoms with Crippen LogP contribution in [0, 0.1) is 11.8 Å². The van der Waals surface area contributed by atoms with Gasteiger partial charge < -0.3 is 5.11 Å². The summed E-state index contributed by atoms with van der Waals surface area (Å²) in [4.78, 5) is 2.57. The van der Waals surface area contributed by atoms with Crippen LogP contribution in [-0.4, -0.2) is 35.7 Å². The van der Waals surface area contributed by atoms with Crippen LogP contribution >= 0.6 is 0 Å². The maximum atomic E-state index is 8.93. The first-order valence-corrected chi connectivity index (χ1v) is 5.64. The first-order valence-electron chi connectivity index (χ1n) is 5.64. The Bertz CT molecular complexity index is 165. The third kappa shape index (κ3) is 2.05. The average molecular weight is 183 g/mol. The fourth-order valence-corrected chi connectivity index (χ4v) is 2.76. The number of likely N-dealkylation sites (tertiary alicyclic amines) is 1. The molecule has 2 fully saturated rings. The number of hydrogen-bond donors (Lipinski definition) is 1. The summed E-state index contributed by atoms with van der Waals surface area (Å²) < 4.78 is 0. The van der Waals surface area contributed by atoms with E-state index in [1.54, 1.807) is 0 Å². The summed E-state index contributed by atoms with van der Waals surface area (Å²) in [6.07, 6.45) is 5.61. The lowest BCUT2D eigenvalue weighted by atomic mass is 9.84. The molecule has 2 unspecified atom stereocenters. The number of nitrogens with zero attached hydrogens (tertiary/aromatic N) is 1. The van der Waals surface area contributed by atoms with Crippen molar-refractivity contribution in [2.24, 2.45) is 11.8 Å². The van der Waals surface area contributed by atoms with Gasteiger partial charge in [-0.2, -0.15) is 0 Å². The van der Waals surface area contributed by atoms with Crippen molar-refractivity contribution in [2.45, 2.75) is 38.6 Å². The molecule has 1 saturated heterocycles. The summed E-state index contributed by atoms with van der Waals surface area (Å²) in [6.45, 7) is 5.05. The van der Waals surface area contributed by atoms with Gasteiger partial charge >= 0.3 is 0 Å². The van der Waals surface area contributed by atoms with Crippen LogP contribution < -0.4 is 0 Å². The van der Waals surface area contributed by atoms with Gasteiger partial charge in [-0.25, -0.2) is 0 Å². The zero-order chi connectivity index (χ0) is 9.26. The molecule has 76 valence electrons. The predicted molar refractivity (Wildman–Crippen MR) is 53.6 cm³/mol. The normalized spacial score (nSPS) is 37.4. The molecule has 2 rings (SSSR count). The van der Waals surface area contributed by atoms with Gasteiger partial charge in [-0.15, -0.1) is 0 Å². The maximum absolute atomic E-state index is 8.93. The van der Waals surface area contributed by atoms with Gasteiger partial charge in [-0.3, -0.25) is 4.90 Å². The summed E-state index contributed by atoms with van der Waals surface area (Å²) in [6, 6.07) is 0.839. The van der Waals surface area contributed by atoms with Crippen molar-refractivity contribution in [3.05, 3.63) is 0 Å². The molecule has 1 heterocycles. The minimum absolute atomic E-state index is 0.388. The molecule has 0 aromatic carbocycles. The number of rotatable bonds is 2. The fourth-order valence-electron chi connectivity index (χ4n) is 2.76.